The Morgan fingerprint density at radius 1 is 0.778 bits per heavy atom. The molecule has 0 unspecified atom stereocenters. The van der Waals surface area contributed by atoms with Gasteiger partial charge in [0.05, 0.1) is 13.2 Å². The van der Waals surface area contributed by atoms with Crippen LogP contribution in [0.15, 0.2) is 18.2 Å². The summed E-state index contributed by atoms with van der Waals surface area (Å²) in [5.41, 5.74) is 1.27. The predicted molar refractivity (Wildman–Crippen MR) is 76.6 cm³/mol. The fraction of sp³-hybridized carbons (Fsp3) is 0.625. The van der Waals surface area contributed by atoms with Crippen molar-refractivity contribution in [1.82, 2.24) is 0 Å². The highest BCUT2D eigenvalue weighted by Gasteiger charge is 2.02. The van der Waals surface area contributed by atoms with Crippen molar-refractivity contribution in [2.24, 2.45) is 0 Å². The van der Waals surface area contributed by atoms with Crippen molar-refractivity contribution in [3.8, 4) is 11.5 Å². The fourth-order valence-corrected chi connectivity index (χ4v) is 1.67. The Labute approximate surface area is 111 Å². The Morgan fingerprint density at radius 3 is 1.67 bits per heavy atom. The normalized spacial score (nSPS) is 10.4. The van der Waals surface area contributed by atoms with E-state index in [-0.39, 0.29) is 0 Å². The molecule has 0 aliphatic carbocycles. The zero-order valence-electron chi connectivity index (χ0n) is 12.0. The molecule has 1 rings (SSSR count). The van der Waals surface area contributed by atoms with Crippen molar-refractivity contribution in [1.29, 1.82) is 0 Å². The molecule has 0 radical (unpaired) electrons. The first kappa shape index (κ1) is 14.9. The van der Waals surface area contributed by atoms with Crippen molar-refractivity contribution >= 4 is 0 Å². The fourth-order valence-electron chi connectivity index (χ4n) is 1.67. The Kier molecular flexibility index (Phi) is 7.31. The van der Waals surface area contributed by atoms with E-state index in [9.17, 15) is 0 Å². The second kappa shape index (κ2) is 8.84. The second-order valence-corrected chi connectivity index (χ2v) is 4.57. The van der Waals surface area contributed by atoms with Gasteiger partial charge in [-0.05, 0) is 37.0 Å². The minimum atomic E-state index is 0.790. The summed E-state index contributed by atoms with van der Waals surface area (Å²) in [6.07, 6.45) is 5.53. The standard InChI is InChI=1S/C16H26O2/c1-4-7-9-17-15-11-14(6-3)12-16(13-15)18-10-8-5-2/h11-13H,4-10H2,1-3H3. The number of unbranched alkanes of at least 4 members (excludes halogenated alkanes) is 2. The number of rotatable bonds is 9. The van der Waals surface area contributed by atoms with Crippen LogP contribution in [-0.2, 0) is 6.42 Å². The SMILES string of the molecule is CCCCOc1cc(CC)cc(OCCCC)c1. The van der Waals surface area contributed by atoms with E-state index in [0.29, 0.717) is 0 Å². The lowest BCUT2D eigenvalue weighted by Gasteiger charge is -2.11. The van der Waals surface area contributed by atoms with Gasteiger partial charge >= 0.3 is 0 Å². The molecule has 0 bridgehead atoms. The summed E-state index contributed by atoms with van der Waals surface area (Å²) >= 11 is 0. The highest BCUT2D eigenvalue weighted by molar-refractivity contribution is 5.38. The van der Waals surface area contributed by atoms with Crippen molar-refractivity contribution in [2.45, 2.75) is 52.9 Å². The molecule has 0 aliphatic rings. The topological polar surface area (TPSA) is 18.5 Å². The molecular formula is C16H26O2. The average Bonchev–Trinajstić information content (AvgIpc) is 2.39. The monoisotopic (exact) mass is 250 g/mol. The minimum absolute atomic E-state index is 0.790. The molecule has 0 aromatic heterocycles. The van der Waals surface area contributed by atoms with Gasteiger partial charge in [-0.1, -0.05) is 33.6 Å². The molecule has 1 aromatic rings. The first-order chi connectivity index (χ1) is 8.80. The summed E-state index contributed by atoms with van der Waals surface area (Å²) < 4.78 is 11.5. The van der Waals surface area contributed by atoms with Crippen LogP contribution in [0.3, 0.4) is 0 Å². The summed E-state index contributed by atoms with van der Waals surface area (Å²) in [5, 5.41) is 0. The maximum atomic E-state index is 5.76. The first-order valence-corrected chi connectivity index (χ1v) is 7.19. The molecule has 0 aliphatic heterocycles. The van der Waals surface area contributed by atoms with Crippen LogP contribution in [0.25, 0.3) is 0 Å². The third-order valence-electron chi connectivity index (χ3n) is 2.88. The second-order valence-electron chi connectivity index (χ2n) is 4.57. The van der Waals surface area contributed by atoms with Crippen LogP contribution < -0.4 is 9.47 Å². The summed E-state index contributed by atoms with van der Waals surface area (Å²) in [5.74, 6) is 1.88. The molecule has 0 N–H and O–H groups in total. The molecule has 18 heavy (non-hydrogen) atoms. The third kappa shape index (κ3) is 5.44. The highest BCUT2D eigenvalue weighted by Crippen LogP contribution is 2.24. The molecule has 0 saturated carbocycles. The van der Waals surface area contributed by atoms with Crippen LogP contribution in [0.2, 0.25) is 0 Å². The van der Waals surface area contributed by atoms with E-state index in [1.165, 1.54) is 5.56 Å². The van der Waals surface area contributed by atoms with Crippen molar-refractivity contribution in [3.05, 3.63) is 23.8 Å². The van der Waals surface area contributed by atoms with Crippen molar-refractivity contribution in [2.75, 3.05) is 13.2 Å². The van der Waals surface area contributed by atoms with Gasteiger partial charge in [-0.25, -0.2) is 0 Å². The predicted octanol–water partition coefficient (Wildman–Crippen LogP) is 4.61. The van der Waals surface area contributed by atoms with E-state index in [4.69, 9.17) is 9.47 Å². The van der Waals surface area contributed by atoms with Crippen LogP contribution >= 0.6 is 0 Å². The van der Waals surface area contributed by atoms with Gasteiger partial charge < -0.3 is 9.47 Å². The summed E-state index contributed by atoms with van der Waals surface area (Å²) in [7, 11) is 0. The molecule has 0 heterocycles. The zero-order chi connectivity index (χ0) is 13.2. The van der Waals surface area contributed by atoms with Gasteiger partial charge in [0.2, 0.25) is 0 Å². The first-order valence-electron chi connectivity index (χ1n) is 7.19. The lowest BCUT2D eigenvalue weighted by molar-refractivity contribution is 0.293. The molecule has 2 nitrogen and oxygen atoms in total. The van der Waals surface area contributed by atoms with E-state index in [2.05, 4.69) is 32.9 Å². The molecule has 1 aromatic carbocycles. The lowest BCUT2D eigenvalue weighted by Crippen LogP contribution is -2.00. The van der Waals surface area contributed by atoms with Crippen LogP contribution in [0.4, 0.5) is 0 Å². The maximum absolute atomic E-state index is 5.76. The van der Waals surface area contributed by atoms with E-state index < -0.39 is 0 Å². The molecule has 0 saturated heterocycles. The number of ether oxygens (including phenoxy) is 2. The molecule has 0 spiro atoms. The highest BCUT2D eigenvalue weighted by atomic mass is 16.5. The van der Waals surface area contributed by atoms with Gasteiger partial charge in [0.25, 0.3) is 0 Å². The van der Waals surface area contributed by atoms with Gasteiger partial charge in [-0.15, -0.1) is 0 Å². The van der Waals surface area contributed by atoms with Crippen molar-refractivity contribution < 1.29 is 9.47 Å². The average molecular weight is 250 g/mol. The van der Waals surface area contributed by atoms with E-state index in [1.54, 1.807) is 0 Å². The summed E-state index contributed by atoms with van der Waals surface area (Å²) in [4.78, 5) is 0. The molecule has 0 fully saturated rings. The van der Waals surface area contributed by atoms with E-state index >= 15 is 0 Å². The smallest absolute Gasteiger partial charge is 0.123 e. The van der Waals surface area contributed by atoms with E-state index in [0.717, 1.165) is 56.8 Å². The third-order valence-corrected chi connectivity index (χ3v) is 2.88. The maximum Gasteiger partial charge on any atom is 0.123 e. The van der Waals surface area contributed by atoms with Gasteiger partial charge in [0.15, 0.2) is 0 Å². The Balaban J connectivity index is 2.62. The van der Waals surface area contributed by atoms with Crippen LogP contribution in [-0.4, -0.2) is 13.2 Å². The zero-order valence-corrected chi connectivity index (χ0v) is 12.0. The van der Waals surface area contributed by atoms with Gasteiger partial charge in [-0.3, -0.25) is 0 Å². The van der Waals surface area contributed by atoms with Crippen LogP contribution in [0.5, 0.6) is 11.5 Å². The molecule has 2 heteroatoms. The van der Waals surface area contributed by atoms with Gasteiger partial charge in [0.1, 0.15) is 11.5 Å². The summed E-state index contributed by atoms with van der Waals surface area (Å²) in [6, 6.07) is 6.23. The number of aryl methyl sites for hydroxylation is 1. The Bertz CT molecular complexity index is 306. The quantitative estimate of drug-likeness (QED) is 0.596. The Morgan fingerprint density at radius 2 is 1.28 bits per heavy atom. The molecular weight excluding hydrogens is 224 g/mol. The summed E-state index contributed by atoms with van der Waals surface area (Å²) in [6.45, 7) is 8.08. The Hall–Kier alpha value is -1.18. The van der Waals surface area contributed by atoms with Crippen LogP contribution in [0.1, 0.15) is 52.0 Å². The van der Waals surface area contributed by atoms with Gasteiger partial charge in [-0.2, -0.15) is 0 Å². The van der Waals surface area contributed by atoms with Gasteiger partial charge in [0, 0.05) is 6.07 Å². The number of hydrogen-bond donors (Lipinski definition) is 0. The van der Waals surface area contributed by atoms with E-state index in [1.807, 2.05) is 6.07 Å². The van der Waals surface area contributed by atoms with Crippen LogP contribution in [0, 0.1) is 0 Å². The number of hydrogen-bond acceptors (Lipinski definition) is 2. The lowest BCUT2D eigenvalue weighted by atomic mass is 10.1. The molecule has 0 amide bonds. The minimum Gasteiger partial charge on any atom is -0.493 e. The molecule has 0 atom stereocenters. The van der Waals surface area contributed by atoms with Crippen molar-refractivity contribution in [3.63, 3.8) is 0 Å². The largest absolute Gasteiger partial charge is 0.493 e. The number of benzene rings is 1. The molecule has 102 valence electrons.